The second-order valence-electron chi connectivity index (χ2n) is 4.58. The summed E-state index contributed by atoms with van der Waals surface area (Å²) in [5, 5.41) is 2.12. The molecule has 2 nitrogen and oxygen atoms in total. The molecule has 1 aromatic carbocycles. The molecule has 2 aromatic heterocycles. The van der Waals surface area contributed by atoms with Crippen molar-refractivity contribution >= 4 is 21.8 Å². The van der Waals surface area contributed by atoms with E-state index < -0.39 is 0 Å². The number of fused-ring (bicyclic) bond motifs is 3. The summed E-state index contributed by atoms with van der Waals surface area (Å²) in [5.41, 5.74) is 3.54. The minimum absolute atomic E-state index is 0.524. The van der Waals surface area contributed by atoms with Crippen LogP contribution in [-0.2, 0) is 12.8 Å². The summed E-state index contributed by atoms with van der Waals surface area (Å²) in [4.78, 5) is 9.28. The third kappa shape index (κ3) is 2.09. The molecule has 0 aliphatic carbocycles. The second kappa shape index (κ2) is 5.03. The van der Waals surface area contributed by atoms with Gasteiger partial charge in [-0.3, -0.25) is 0 Å². The monoisotopic (exact) mass is 256 g/mol. The Labute approximate surface area is 117 Å². The van der Waals surface area contributed by atoms with E-state index >= 15 is 0 Å². The summed E-state index contributed by atoms with van der Waals surface area (Å²) in [6, 6.07) is 12.1. The van der Waals surface area contributed by atoms with Crippen LogP contribution in [0.25, 0.3) is 21.8 Å². The number of nitrogens with zero attached hydrogens (tertiary/aromatic N) is 2. The average Bonchev–Trinajstić information content (AvgIpc) is 2.48. The molecule has 3 rings (SSSR count). The van der Waals surface area contributed by atoms with Crippen molar-refractivity contribution in [2.75, 3.05) is 0 Å². The van der Waals surface area contributed by atoms with Gasteiger partial charge in [0.1, 0.15) is 0 Å². The third-order valence-corrected chi connectivity index (χ3v) is 3.20. The van der Waals surface area contributed by atoms with Gasteiger partial charge in [0, 0.05) is 10.8 Å². The molecule has 20 heavy (non-hydrogen) atoms. The van der Waals surface area contributed by atoms with Crippen LogP contribution in [0.1, 0.15) is 11.4 Å². The summed E-state index contributed by atoms with van der Waals surface area (Å²) >= 11 is 0. The molecule has 0 spiro atoms. The van der Waals surface area contributed by atoms with Gasteiger partial charge in [-0.25, -0.2) is 9.97 Å². The molecular formula is C18H12N2. The van der Waals surface area contributed by atoms with Crippen molar-refractivity contribution in [3.8, 4) is 24.7 Å². The maximum Gasteiger partial charge on any atom is 0.0968 e. The van der Waals surface area contributed by atoms with Crippen LogP contribution in [0.15, 0.2) is 36.4 Å². The molecule has 0 bridgehead atoms. The van der Waals surface area contributed by atoms with E-state index in [2.05, 4.69) is 21.8 Å². The number of rotatable bonds is 2. The first kappa shape index (κ1) is 12.2. The van der Waals surface area contributed by atoms with E-state index in [9.17, 15) is 0 Å². The third-order valence-electron chi connectivity index (χ3n) is 3.20. The number of hydrogen-bond donors (Lipinski definition) is 0. The van der Waals surface area contributed by atoms with Gasteiger partial charge in [0.2, 0.25) is 0 Å². The van der Waals surface area contributed by atoms with E-state index in [1.165, 1.54) is 0 Å². The van der Waals surface area contributed by atoms with Gasteiger partial charge in [-0.1, -0.05) is 24.3 Å². The van der Waals surface area contributed by atoms with Gasteiger partial charge in [0.25, 0.3) is 0 Å². The van der Waals surface area contributed by atoms with E-state index in [4.69, 9.17) is 12.8 Å². The second-order valence-corrected chi connectivity index (χ2v) is 4.58. The van der Waals surface area contributed by atoms with Crippen LogP contribution in [0.3, 0.4) is 0 Å². The van der Waals surface area contributed by atoms with Gasteiger partial charge in [-0.2, -0.15) is 0 Å². The molecule has 0 N–H and O–H groups in total. The number of aromatic nitrogens is 2. The summed E-state index contributed by atoms with van der Waals surface area (Å²) < 4.78 is 0. The summed E-state index contributed by atoms with van der Waals surface area (Å²) in [6.07, 6.45) is 11.8. The molecule has 0 unspecified atom stereocenters. The molecule has 0 aliphatic heterocycles. The molecule has 0 amide bonds. The number of benzene rings is 1. The Morgan fingerprint density at radius 1 is 0.700 bits per heavy atom. The van der Waals surface area contributed by atoms with Gasteiger partial charge in [0.05, 0.1) is 35.3 Å². The zero-order valence-corrected chi connectivity index (χ0v) is 10.9. The highest BCUT2D eigenvalue weighted by Crippen LogP contribution is 2.23. The van der Waals surface area contributed by atoms with Gasteiger partial charge in [-0.15, -0.1) is 24.7 Å². The lowest BCUT2D eigenvalue weighted by Crippen LogP contribution is -1.93. The largest absolute Gasteiger partial charge is 0.250 e. The molecule has 2 heterocycles. The fraction of sp³-hybridized carbons (Fsp3) is 0.111. The molecule has 0 atom stereocenters. The van der Waals surface area contributed by atoms with E-state index in [1.54, 1.807) is 0 Å². The van der Waals surface area contributed by atoms with Crippen LogP contribution in [0.2, 0.25) is 0 Å². The highest BCUT2D eigenvalue weighted by atomic mass is 14.8. The molecule has 94 valence electrons. The van der Waals surface area contributed by atoms with Crippen LogP contribution in [0.5, 0.6) is 0 Å². The summed E-state index contributed by atoms with van der Waals surface area (Å²) in [7, 11) is 0. The van der Waals surface area contributed by atoms with Crippen molar-refractivity contribution in [2.45, 2.75) is 12.8 Å². The zero-order chi connectivity index (χ0) is 13.9. The van der Waals surface area contributed by atoms with Crippen LogP contribution in [0, 0.1) is 24.7 Å². The molecule has 0 saturated heterocycles. The number of terminal acetylenes is 2. The van der Waals surface area contributed by atoms with Crippen molar-refractivity contribution in [1.82, 2.24) is 9.97 Å². The Hall–Kier alpha value is -2.84. The number of hydrogen-bond acceptors (Lipinski definition) is 2. The van der Waals surface area contributed by atoms with Crippen molar-refractivity contribution in [1.29, 1.82) is 0 Å². The zero-order valence-electron chi connectivity index (χ0n) is 10.9. The quantitative estimate of drug-likeness (QED) is 0.520. The lowest BCUT2D eigenvalue weighted by Gasteiger charge is -2.05. The maximum atomic E-state index is 5.35. The van der Waals surface area contributed by atoms with Crippen LogP contribution in [-0.4, -0.2) is 9.97 Å². The van der Waals surface area contributed by atoms with Gasteiger partial charge < -0.3 is 0 Å². The van der Waals surface area contributed by atoms with Crippen molar-refractivity contribution in [3.63, 3.8) is 0 Å². The Morgan fingerprint density at radius 2 is 1.10 bits per heavy atom. The highest BCUT2D eigenvalue weighted by Gasteiger charge is 2.05. The topological polar surface area (TPSA) is 25.8 Å². The molecule has 0 fully saturated rings. The van der Waals surface area contributed by atoms with Crippen LogP contribution in [0.4, 0.5) is 0 Å². The molecule has 0 radical (unpaired) electrons. The first-order chi connectivity index (χ1) is 9.81. The van der Waals surface area contributed by atoms with E-state index in [-0.39, 0.29) is 0 Å². The lowest BCUT2D eigenvalue weighted by molar-refractivity contribution is 1.15. The van der Waals surface area contributed by atoms with E-state index in [0.29, 0.717) is 12.8 Å². The van der Waals surface area contributed by atoms with Crippen molar-refractivity contribution < 1.29 is 0 Å². The van der Waals surface area contributed by atoms with E-state index in [1.807, 2.05) is 36.4 Å². The maximum absolute atomic E-state index is 5.35. The Balaban J connectivity index is 2.31. The Bertz CT molecular complexity index is 805. The summed E-state index contributed by atoms with van der Waals surface area (Å²) in [5.74, 6) is 5.24. The molecule has 2 heteroatoms. The van der Waals surface area contributed by atoms with Crippen LogP contribution >= 0.6 is 0 Å². The van der Waals surface area contributed by atoms with Gasteiger partial charge in [0.15, 0.2) is 0 Å². The fourth-order valence-corrected chi connectivity index (χ4v) is 2.25. The molecule has 0 saturated carbocycles. The van der Waals surface area contributed by atoms with Crippen LogP contribution < -0.4 is 0 Å². The lowest BCUT2D eigenvalue weighted by atomic mass is 10.1. The number of pyridine rings is 2. The minimum Gasteiger partial charge on any atom is -0.250 e. The standard InChI is InChI=1S/C18H12N2/c1-3-5-15-11-9-13-7-8-14-10-12-16(6-4-2)20-18(14)17(13)19-15/h1-2,7-12H,5-6H2. The van der Waals surface area contributed by atoms with Gasteiger partial charge in [-0.05, 0) is 12.1 Å². The smallest absolute Gasteiger partial charge is 0.0968 e. The molecule has 3 aromatic rings. The average molecular weight is 256 g/mol. The molecular weight excluding hydrogens is 244 g/mol. The fourth-order valence-electron chi connectivity index (χ4n) is 2.25. The van der Waals surface area contributed by atoms with Crippen molar-refractivity contribution in [3.05, 3.63) is 47.8 Å². The first-order valence-corrected chi connectivity index (χ1v) is 6.37. The SMILES string of the molecule is C#CCc1ccc2ccc3ccc(CC#C)nc3c2n1. The predicted molar refractivity (Wildman–Crippen MR) is 82.1 cm³/mol. The minimum atomic E-state index is 0.524. The predicted octanol–water partition coefficient (Wildman–Crippen LogP) is 3.13. The highest BCUT2D eigenvalue weighted by molar-refractivity contribution is 6.02. The van der Waals surface area contributed by atoms with E-state index in [0.717, 1.165) is 33.2 Å². The summed E-state index contributed by atoms with van der Waals surface area (Å²) in [6.45, 7) is 0. The Kier molecular flexibility index (Phi) is 3.07. The molecule has 0 aliphatic rings. The first-order valence-electron chi connectivity index (χ1n) is 6.37. The Morgan fingerprint density at radius 3 is 1.50 bits per heavy atom. The normalized spacial score (nSPS) is 10.3. The van der Waals surface area contributed by atoms with Gasteiger partial charge >= 0.3 is 0 Å². The van der Waals surface area contributed by atoms with Crippen molar-refractivity contribution in [2.24, 2.45) is 0 Å².